The summed E-state index contributed by atoms with van der Waals surface area (Å²) in [6.45, 7) is 6.31. The largest absolute Gasteiger partial charge is 0.395 e. The van der Waals surface area contributed by atoms with E-state index in [4.69, 9.17) is 4.98 Å². The lowest BCUT2D eigenvalue weighted by Gasteiger charge is -2.30. The molecule has 1 aromatic carbocycles. The van der Waals surface area contributed by atoms with E-state index in [0.717, 1.165) is 42.4 Å². The average molecular weight is 273 g/mol. The first kappa shape index (κ1) is 13.6. The van der Waals surface area contributed by atoms with Gasteiger partial charge in [0.15, 0.2) is 0 Å². The van der Waals surface area contributed by atoms with Crippen molar-refractivity contribution in [1.29, 1.82) is 0 Å². The molecule has 4 heteroatoms. The topological polar surface area (TPSA) is 41.3 Å². The highest BCUT2D eigenvalue weighted by atomic mass is 16.3. The second-order valence-electron chi connectivity index (χ2n) is 5.87. The number of aromatic nitrogens is 2. The first-order valence-corrected chi connectivity index (χ1v) is 7.55. The number of piperidine rings is 1. The van der Waals surface area contributed by atoms with Crippen molar-refractivity contribution in [2.24, 2.45) is 5.92 Å². The number of rotatable bonds is 4. The minimum atomic E-state index is 0.157. The van der Waals surface area contributed by atoms with E-state index in [2.05, 4.69) is 22.5 Å². The molecule has 0 spiro atoms. The Morgan fingerprint density at radius 3 is 3.00 bits per heavy atom. The van der Waals surface area contributed by atoms with Gasteiger partial charge in [-0.2, -0.15) is 0 Å². The molecular formula is C16H23N3O. The molecule has 1 N–H and O–H groups in total. The Bertz CT molecular complexity index is 578. The third kappa shape index (κ3) is 2.72. The van der Waals surface area contributed by atoms with Gasteiger partial charge in [-0.3, -0.25) is 4.90 Å². The van der Waals surface area contributed by atoms with E-state index in [1.165, 1.54) is 12.8 Å². The average Bonchev–Trinajstić information content (AvgIpc) is 2.77. The highest BCUT2D eigenvalue weighted by Gasteiger charge is 2.19. The van der Waals surface area contributed by atoms with Crippen LogP contribution in [0.15, 0.2) is 24.3 Å². The summed E-state index contributed by atoms with van der Waals surface area (Å²) in [6.07, 6.45) is 2.62. The summed E-state index contributed by atoms with van der Waals surface area (Å²) < 4.78 is 2.16. The Morgan fingerprint density at radius 1 is 1.35 bits per heavy atom. The van der Waals surface area contributed by atoms with Crippen molar-refractivity contribution in [3.63, 3.8) is 0 Å². The molecule has 1 aliphatic heterocycles. The first-order chi connectivity index (χ1) is 9.78. The summed E-state index contributed by atoms with van der Waals surface area (Å²) in [7, 11) is 0. The summed E-state index contributed by atoms with van der Waals surface area (Å²) >= 11 is 0. The number of imidazole rings is 1. The Morgan fingerprint density at radius 2 is 2.20 bits per heavy atom. The number of hydrogen-bond acceptors (Lipinski definition) is 3. The van der Waals surface area contributed by atoms with Gasteiger partial charge in [-0.15, -0.1) is 0 Å². The molecule has 0 aliphatic carbocycles. The van der Waals surface area contributed by atoms with E-state index < -0.39 is 0 Å². The van der Waals surface area contributed by atoms with Gasteiger partial charge in [-0.25, -0.2) is 4.98 Å². The number of aliphatic hydroxyl groups is 1. The van der Waals surface area contributed by atoms with Crippen LogP contribution in [0.2, 0.25) is 0 Å². The van der Waals surface area contributed by atoms with Crippen LogP contribution in [0.4, 0.5) is 0 Å². The van der Waals surface area contributed by atoms with Gasteiger partial charge in [0.1, 0.15) is 5.82 Å². The van der Waals surface area contributed by atoms with Crippen molar-refractivity contribution in [2.75, 3.05) is 19.7 Å². The molecule has 4 nitrogen and oxygen atoms in total. The lowest BCUT2D eigenvalue weighted by Crippen LogP contribution is -2.34. The third-order valence-corrected chi connectivity index (χ3v) is 4.16. The van der Waals surface area contributed by atoms with Gasteiger partial charge < -0.3 is 9.67 Å². The number of fused-ring (bicyclic) bond motifs is 1. The number of aliphatic hydroxyl groups excluding tert-OH is 1. The lowest BCUT2D eigenvalue weighted by atomic mass is 10.0. The van der Waals surface area contributed by atoms with E-state index >= 15 is 0 Å². The van der Waals surface area contributed by atoms with Crippen LogP contribution in [0.1, 0.15) is 25.6 Å². The fraction of sp³-hybridized carbons (Fsp3) is 0.562. The smallest absolute Gasteiger partial charge is 0.124 e. The Labute approximate surface area is 120 Å². The van der Waals surface area contributed by atoms with Crippen LogP contribution in [-0.4, -0.2) is 39.3 Å². The van der Waals surface area contributed by atoms with Gasteiger partial charge in [0, 0.05) is 13.1 Å². The van der Waals surface area contributed by atoms with Crippen molar-refractivity contribution in [1.82, 2.24) is 14.5 Å². The fourth-order valence-electron chi connectivity index (χ4n) is 3.23. The molecule has 0 saturated carbocycles. The van der Waals surface area contributed by atoms with Crippen LogP contribution in [0.3, 0.4) is 0 Å². The SMILES string of the molecule is CC1CCCN(Cc2nc3ccccc3n2CCO)C1. The molecule has 1 aromatic heterocycles. The maximum absolute atomic E-state index is 9.31. The molecule has 1 fully saturated rings. The quantitative estimate of drug-likeness (QED) is 0.929. The normalized spacial score (nSPS) is 20.6. The fourth-order valence-corrected chi connectivity index (χ4v) is 3.23. The van der Waals surface area contributed by atoms with E-state index in [1.54, 1.807) is 0 Å². The molecule has 1 atom stereocenters. The minimum Gasteiger partial charge on any atom is -0.395 e. The molecule has 108 valence electrons. The third-order valence-electron chi connectivity index (χ3n) is 4.16. The van der Waals surface area contributed by atoms with Gasteiger partial charge in [-0.05, 0) is 37.4 Å². The second-order valence-corrected chi connectivity index (χ2v) is 5.87. The number of para-hydroxylation sites is 2. The molecule has 2 aromatic rings. The standard InChI is InChI=1S/C16H23N3O/c1-13-5-4-8-18(11-13)12-16-17-14-6-2-3-7-15(14)19(16)9-10-20/h2-3,6-7,13,20H,4-5,8-12H2,1H3. The molecule has 0 amide bonds. The lowest BCUT2D eigenvalue weighted by molar-refractivity contribution is 0.170. The van der Waals surface area contributed by atoms with Crippen molar-refractivity contribution < 1.29 is 5.11 Å². The number of hydrogen-bond donors (Lipinski definition) is 1. The van der Waals surface area contributed by atoms with Crippen molar-refractivity contribution >= 4 is 11.0 Å². The molecule has 2 heterocycles. The summed E-state index contributed by atoms with van der Waals surface area (Å²) in [5, 5.41) is 9.31. The minimum absolute atomic E-state index is 0.157. The number of likely N-dealkylation sites (tertiary alicyclic amines) is 1. The van der Waals surface area contributed by atoms with E-state index in [0.29, 0.717) is 6.54 Å². The zero-order valence-electron chi connectivity index (χ0n) is 12.1. The molecule has 3 rings (SSSR count). The maximum atomic E-state index is 9.31. The summed E-state index contributed by atoms with van der Waals surface area (Å²) in [4.78, 5) is 7.25. The second kappa shape index (κ2) is 5.94. The van der Waals surface area contributed by atoms with Gasteiger partial charge in [-0.1, -0.05) is 19.1 Å². The molecule has 0 radical (unpaired) electrons. The zero-order valence-corrected chi connectivity index (χ0v) is 12.1. The molecule has 1 unspecified atom stereocenters. The molecule has 20 heavy (non-hydrogen) atoms. The molecule has 0 bridgehead atoms. The van der Waals surface area contributed by atoms with Crippen LogP contribution in [0, 0.1) is 5.92 Å². The van der Waals surface area contributed by atoms with Crippen LogP contribution >= 0.6 is 0 Å². The molecular weight excluding hydrogens is 250 g/mol. The zero-order chi connectivity index (χ0) is 13.9. The van der Waals surface area contributed by atoms with Crippen LogP contribution in [0.5, 0.6) is 0 Å². The predicted molar refractivity (Wildman–Crippen MR) is 80.5 cm³/mol. The molecule has 1 saturated heterocycles. The van der Waals surface area contributed by atoms with Gasteiger partial charge >= 0.3 is 0 Å². The van der Waals surface area contributed by atoms with E-state index in [1.807, 2.05) is 18.2 Å². The van der Waals surface area contributed by atoms with Gasteiger partial charge in [0.2, 0.25) is 0 Å². The van der Waals surface area contributed by atoms with Crippen LogP contribution < -0.4 is 0 Å². The maximum Gasteiger partial charge on any atom is 0.124 e. The van der Waals surface area contributed by atoms with Crippen LogP contribution in [-0.2, 0) is 13.1 Å². The Hall–Kier alpha value is -1.39. The van der Waals surface area contributed by atoms with Crippen molar-refractivity contribution in [2.45, 2.75) is 32.9 Å². The van der Waals surface area contributed by atoms with E-state index in [-0.39, 0.29) is 6.61 Å². The molecule has 1 aliphatic rings. The van der Waals surface area contributed by atoms with Gasteiger partial charge in [0.25, 0.3) is 0 Å². The number of benzene rings is 1. The number of nitrogens with zero attached hydrogens (tertiary/aromatic N) is 3. The first-order valence-electron chi connectivity index (χ1n) is 7.55. The van der Waals surface area contributed by atoms with Crippen LogP contribution in [0.25, 0.3) is 11.0 Å². The Balaban J connectivity index is 1.87. The summed E-state index contributed by atoms with van der Waals surface area (Å²) in [5.41, 5.74) is 2.16. The van der Waals surface area contributed by atoms with E-state index in [9.17, 15) is 5.11 Å². The summed E-state index contributed by atoms with van der Waals surface area (Å²) in [5.74, 6) is 1.86. The Kier molecular flexibility index (Phi) is 4.03. The predicted octanol–water partition coefficient (Wildman–Crippen LogP) is 2.26. The monoisotopic (exact) mass is 273 g/mol. The summed E-state index contributed by atoms with van der Waals surface area (Å²) in [6, 6.07) is 8.18. The van der Waals surface area contributed by atoms with Gasteiger partial charge in [0.05, 0.1) is 24.2 Å². The highest BCUT2D eigenvalue weighted by Crippen LogP contribution is 2.20. The van der Waals surface area contributed by atoms with Crippen molar-refractivity contribution in [3.05, 3.63) is 30.1 Å². The highest BCUT2D eigenvalue weighted by molar-refractivity contribution is 5.75. The van der Waals surface area contributed by atoms with Crippen molar-refractivity contribution in [3.8, 4) is 0 Å².